The quantitative estimate of drug-likeness (QED) is 0.882. The Morgan fingerprint density at radius 3 is 2.65 bits per heavy atom. The van der Waals surface area contributed by atoms with Crippen molar-refractivity contribution in [3.8, 4) is 11.5 Å². The van der Waals surface area contributed by atoms with Crippen LogP contribution in [0.1, 0.15) is 32.1 Å². The van der Waals surface area contributed by atoms with Gasteiger partial charge in [0.05, 0.1) is 17.3 Å². The number of aliphatic hydroxyl groups is 1. The Labute approximate surface area is 140 Å². The third-order valence-electron chi connectivity index (χ3n) is 4.32. The number of amides is 2. The molecule has 1 aliphatic carbocycles. The van der Waals surface area contributed by atoms with Gasteiger partial charge in [-0.3, -0.25) is 0 Å². The van der Waals surface area contributed by atoms with Crippen LogP contribution in [0.2, 0.25) is 5.02 Å². The molecule has 1 aromatic rings. The number of ether oxygens (including phenoxy) is 2. The molecule has 2 amide bonds. The highest BCUT2D eigenvalue weighted by molar-refractivity contribution is 6.34. The van der Waals surface area contributed by atoms with Gasteiger partial charge in [-0.05, 0) is 12.8 Å². The molecule has 6 nitrogen and oxygen atoms in total. The minimum atomic E-state index is -0.244. The van der Waals surface area contributed by atoms with E-state index in [1.54, 1.807) is 17.0 Å². The van der Waals surface area contributed by atoms with Crippen molar-refractivity contribution in [1.29, 1.82) is 0 Å². The number of hydrogen-bond donors (Lipinski definition) is 2. The highest BCUT2D eigenvalue weighted by atomic mass is 35.5. The molecule has 0 atom stereocenters. The van der Waals surface area contributed by atoms with Gasteiger partial charge in [0.15, 0.2) is 11.5 Å². The van der Waals surface area contributed by atoms with E-state index in [1.165, 1.54) is 6.42 Å². The van der Waals surface area contributed by atoms with Crippen molar-refractivity contribution >= 4 is 23.3 Å². The predicted octanol–water partition coefficient (Wildman–Crippen LogP) is 3.23. The number of carbonyl (C=O) groups excluding carboxylic acids is 1. The molecule has 0 unspecified atom stereocenters. The number of urea groups is 1. The zero-order valence-corrected chi connectivity index (χ0v) is 13.6. The summed E-state index contributed by atoms with van der Waals surface area (Å²) in [5, 5.41) is 12.5. The van der Waals surface area contributed by atoms with Gasteiger partial charge in [0.25, 0.3) is 0 Å². The molecular weight excluding hydrogens is 320 g/mol. The van der Waals surface area contributed by atoms with Crippen LogP contribution in [-0.2, 0) is 0 Å². The molecule has 0 radical (unpaired) electrons. The normalized spacial score (nSPS) is 17.1. The standard InChI is InChI=1S/C16H21ClN2O4/c17-12-8-14-15(23-10-22-14)9-13(12)18-16(21)19(6-7-20)11-4-2-1-3-5-11/h8-9,11,20H,1-7,10H2,(H,18,21). The van der Waals surface area contributed by atoms with Crippen molar-refractivity contribution in [2.24, 2.45) is 0 Å². The topological polar surface area (TPSA) is 71.0 Å². The first-order chi connectivity index (χ1) is 11.2. The number of nitrogens with one attached hydrogen (secondary N) is 1. The molecule has 126 valence electrons. The molecule has 23 heavy (non-hydrogen) atoms. The number of halogens is 1. The molecule has 1 saturated carbocycles. The van der Waals surface area contributed by atoms with Gasteiger partial charge >= 0.3 is 6.03 Å². The number of nitrogens with zero attached hydrogens (tertiary/aromatic N) is 1. The summed E-state index contributed by atoms with van der Waals surface area (Å²) in [5.41, 5.74) is 0.486. The van der Waals surface area contributed by atoms with Crippen molar-refractivity contribution in [2.75, 3.05) is 25.3 Å². The molecule has 0 spiro atoms. The Bertz CT molecular complexity index is 575. The summed E-state index contributed by atoms with van der Waals surface area (Å²) < 4.78 is 10.6. The number of rotatable bonds is 4. The van der Waals surface area contributed by atoms with Gasteiger partial charge in [0, 0.05) is 24.7 Å². The highest BCUT2D eigenvalue weighted by Crippen LogP contribution is 2.39. The van der Waals surface area contributed by atoms with Crippen LogP contribution in [0.5, 0.6) is 11.5 Å². The fourth-order valence-electron chi connectivity index (χ4n) is 3.15. The van der Waals surface area contributed by atoms with Crippen LogP contribution in [0.25, 0.3) is 0 Å². The summed E-state index contributed by atoms with van der Waals surface area (Å²) in [7, 11) is 0. The van der Waals surface area contributed by atoms with Crippen LogP contribution in [0.4, 0.5) is 10.5 Å². The second-order valence-corrected chi connectivity index (χ2v) is 6.23. The van der Waals surface area contributed by atoms with E-state index in [9.17, 15) is 9.90 Å². The molecule has 7 heteroatoms. The summed E-state index contributed by atoms with van der Waals surface area (Å²) in [6, 6.07) is 3.23. The fourth-order valence-corrected chi connectivity index (χ4v) is 3.35. The van der Waals surface area contributed by atoms with E-state index in [0.29, 0.717) is 28.8 Å². The third kappa shape index (κ3) is 3.64. The average molecular weight is 341 g/mol. The smallest absolute Gasteiger partial charge is 0.322 e. The molecule has 3 rings (SSSR count). The van der Waals surface area contributed by atoms with Gasteiger partial charge in [-0.2, -0.15) is 0 Å². The molecule has 2 aliphatic rings. The van der Waals surface area contributed by atoms with Crippen molar-refractivity contribution in [3.63, 3.8) is 0 Å². The zero-order valence-electron chi connectivity index (χ0n) is 12.9. The van der Waals surface area contributed by atoms with Crippen LogP contribution in [-0.4, -0.2) is 42.0 Å². The average Bonchev–Trinajstić information content (AvgIpc) is 3.00. The maximum atomic E-state index is 12.6. The molecular formula is C16H21ClN2O4. The van der Waals surface area contributed by atoms with Crippen LogP contribution in [0.15, 0.2) is 12.1 Å². The minimum Gasteiger partial charge on any atom is -0.454 e. The molecule has 1 aliphatic heterocycles. The fraction of sp³-hybridized carbons (Fsp3) is 0.562. The van der Waals surface area contributed by atoms with Gasteiger partial charge < -0.3 is 24.8 Å². The maximum absolute atomic E-state index is 12.6. The predicted molar refractivity (Wildman–Crippen MR) is 87.3 cm³/mol. The number of hydrogen-bond acceptors (Lipinski definition) is 4. The minimum absolute atomic E-state index is 0.0568. The highest BCUT2D eigenvalue weighted by Gasteiger charge is 2.26. The van der Waals surface area contributed by atoms with E-state index in [1.807, 2.05) is 0 Å². The summed E-state index contributed by atoms with van der Waals surface area (Å²) in [4.78, 5) is 14.3. The van der Waals surface area contributed by atoms with Crippen LogP contribution < -0.4 is 14.8 Å². The maximum Gasteiger partial charge on any atom is 0.322 e. The number of fused-ring (bicyclic) bond motifs is 1. The number of carbonyl (C=O) groups is 1. The molecule has 0 bridgehead atoms. The lowest BCUT2D eigenvalue weighted by molar-refractivity contribution is 0.144. The van der Waals surface area contributed by atoms with Crippen molar-refractivity contribution < 1.29 is 19.4 Å². The van der Waals surface area contributed by atoms with Gasteiger partial charge in [-0.25, -0.2) is 4.79 Å². The summed E-state index contributed by atoms with van der Waals surface area (Å²) in [6.45, 7) is 0.416. The van der Waals surface area contributed by atoms with E-state index in [4.69, 9.17) is 21.1 Å². The van der Waals surface area contributed by atoms with Crippen LogP contribution >= 0.6 is 11.6 Å². The largest absolute Gasteiger partial charge is 0.454 e. The lowest BCUT2D eigenvalue weighted by Crippen LogP contribution is -2.45. The van der Waals surface area contributed by atoms with Crippen molar-refractivity contribution in [1.82, 2.24) is 4.90 Å². The van der Waals surface area contributed by atoms with Crippen LogP contribution in [0, 0.1) is 0 Å². The Morgan fingerprint density at radius 1 is 1.26 bits per heavy atom. The van der Waals surface area contributed by atoms with Crippen LogP contribution in [0.3, 0.4) is 0 Å². The number of anilines is 1. The molecule has 1 aromatic carbocycles. The van der Waals surface area contributed by atoms with E-state index in [0.717, 1.165) is 25.7 Å². The molecule has 0 saturated heterocycles. The Hall–Kier alpha value is -1.66. The van der Waals surface area contributed by atoms with E-state index in [-0.39, 0.29) is 25.5 Å². The first-order valence-corrected chi connectivity index (χ1v) is 8.34. The first kappa shape index (κ1) is 16.2. The lowest BCUT2D eigenvalue weighted by Gasteiger charge is -2.34. The summed E-state index contributed by atoms with van der Waals surface area (Å²) in [6.07, 6.45) is 5.39. The van der Waals surface area contributed by atoms with Crippen molar-refractivity contribution in [3.05, 3.63) is 17.2 Å². The zero-order chi connectivity index (χ0) is 16.2. The van der Waals surface area contributed by atoms with E-state index < -0.39 is 0 Å². The second kappa shape index (κ2) is 7.27. The first-order valence-electron chi connectivity index (χ1n) is 7.96. The number of benzene rings is 1. The number of aliphatic hydroxyl groups excluding tert-OH is 1. The monoisotopic (exact) mass is 340 g/mol. The molecule has 0 aromatic heterocycles. The second-order valence-electron chi connectivity index (χ2n) is 5.82. The van der Waals surface area contributed by atoms with Gasteiger partial charge in [-0.1, -0.05) is 30.9 Å². The molecule has 1 heterocycles. The lowest BCUT2D eigenvalue weighted by atomic mass is 9.94. The SMILES string of the molecule is O=C(Nc1cc2c(cc1Cl)OCO2)N(CCO)C1CCCCC1. The van der Waals surface area contributed by atoms with E-state index >= 15 is 0 Å². The van der Waals surface area contributed by atoms with E-state index in [2.05, 4.69) is 5.32 Å². The van der Waals surface area contributed by atoms with Gasteiger partial charge in [0.1, 0.15) is 0 Å². The molecule has 2 N–H and O–H groups in total. The molecule has 1 fully saturated rings. The Balaban J connectivity index is 1.73. The summed E-state index contributed by atoms with van der Waals surface area (Å²) in [5.74, 6) is 1.14. The van der Waals surface area contributed by atoms with Gasteiger partial charge in [0.2, 0.25) is 6.79 Å². The Kier molecular flexibility index (Phi) is 5.13. The summed E-state index contributed by atoms with van der Waals surface area (Å²) >= 11 is 6.20. The third-order valence-corrected chi connectivity index (χ3v) is 4.63. The van der Waals surface area contributed by atoms with Crippen molar-refractivity contribution in [2.45, 2.75) is 38.1 Å². The van der Waals surface area contributed by atoms with Gasteiger partial charge in [-0.15, -0.1) is 0 Å². The Morgan fingerprint density at radius 2 is 1.96 bits per heavy atom.